The molecule has 0 aliphatic rings. The fourth-order valence-corrected chi connectivity index (χ4v) is 2.47. The molecule has 1 aromatic rings. The molecule has 2 unspecified atom stereocenters. The number of allylic oxidation sites excluding steroid dienone is 1. The summed E-state index contributed by atoms with van der Waals surface area (Å²) in [6.45, 7) is 2.17. The van der Waals surface area contributed by atoms with E-state index in [0.717, 1.165) is 18.4 Å². The third-order valence-electron chi connectivity index (χ3n) is 3.87. The Morgan fingerprint density at radius 2 is 1.91 bits per heavy atom. The van der Waals surface area contributed by atoms with Crippen LogP contribution >= 0.6 is 0 Å². The zero-order chi connectivity index (χ0) is 16.2. The average molecular weight is 304 g/mol. The van der Waals surface area contributed by atoms with Crippen LogP contribution < -0.4 is 0 Å². The SMILES string of the molecule is CCCCCCC=CC(O)C(CCc1ccccc1)C(=O)O. The number of unbranched alkanes of at least 4 members (excludes halogenated alkanes) is 4. The zero-order valence-electron chi connectivity index (χ0n) is 13.4. The normalized spacial score (nSPS) is 14.1. The van der Waals surface area contributed by atoms with Crippen molar-refractivity contribution in [3.8, 4) is 0 Å². The summed E-state index contributed by atoms with van der Waals surface area (Å²) < 4.78 is 0. The average Bonchev–Trinajstić information content (AvgIpc) is 2.51. The van der Waals surface area contributed by atoms with Crippen molar-refractivity contribution in [3.05, 3.63) is 48.0 Å². The van der Waals surface area contributed by atoms with E-state index in [-0.39, 0.29) is 0 Å². The summed E-state index contributed by atoms with van der Waals surface area (Å²) in [7, 11) is 0. The van der Waals surface area contributed by atoms with E-state index in [2.05, 4.69) is 6.92 Å². The van der Waals surface area contributed by atoms with E-state index >= 15 is 0 Å². The van der Waals surface area contributed by atoms with Crippen molar-refractivity contribution in [2.24, 2.45) is 5.92 Å². The van der Waals surface area contributed by atoms with Crippen LogP contribution in [0.3, 0.4) is 0 Å². The third-order valence-corrected chi connectivity index (χ3v) is 3.87. The van der Waals surface area contributed by atoms with E-state index < -0.39 is 18.0 Å². The molecule has 1 rings (SSSR count). The van der Waals surface area contributed by atoms with Gasteiger partial charge in [-0.3, -0.25) is 4.79 Å². The minimum atomic E-state index is -0.931. The monoisotopic (exact) mass is 304 g/mol. The molecule has 0 saturated carbocycles. The van der Waals surface area contributed by atoms with Gasteiger partial charge in [-0.2, -0.15) is 0 Å². The maximum absolute atomic E-state index is 11.3. The lowest BCUT2D eigenvalue weighted by Crippen LogP contribution is -2.27. The molecule has 0 spiro atoms. The second kappa shape index (κ2) is 11.0. The minimum absolute atomic E-state index is 0.445. The first-order valence-corrected chi connectivity index (χ1v) is 8.26. The molecule has 0 amide bonds. The van der Waals surface area contributed by atoms with Crippen LogP contribution in [-0.2, 0) is 11.2 Å². The number of aliphatic hydroxyl groups excluding tert-OH is 1. The van der Waals surface area contributed by atoms with E-state index in [1.165, 1.54) is 19.3 Å². The number of carbonyl (C=O) groups is 1. The Balaban J connectivity index is 2.41. The second-order valence-electron chi connectivity index (χ2n) is 5.74. The molecule has 3 heteroatoms. The van der Waals surface area contributed by atoms with Gasteiger partial charge in [0.05, 0.1) is 12.0 Å². The molecule has 0 bridgehead atoms. The predicted octanol–water partition coefficient (Wildman–Crippen LogP) is 4.21. The Hall–Kier alpha value is -1.61. The van der Waals surface area contributed by atoms with Crippen LogP contribution in [0, 0.1) is 5.92 Å². The molecule has 0 fully saturated rings. The molecule has 3 nitrogen and oxygen atoms in total. The Kier molecular flexibility index (Phi) is 9.24. The van der Waals surface area contributed by atoms with Crippen molar-refractivity contribution in [2.75, 3.05) is 0 Å². The maximum atomic E-state index is 11.3. The fourth-order valence-electron chi connectivity index (χ4n) is 2.47. The van der Waals surface area contributed by atoms with Gasteiger partial charge in [0.1, 0.15) is 0 Å². The number of carboxylic acids is 1. The number of aryl methyl sites for hydroxylation is 1. The predicted molar refractivity (Wildman–Crippen MR) is 89.8 cm³/mol. The lowest BCUT2D eigenvalue weighted by Gasteiger charge is -2.16. The number of aliphatic hydroxyl groups is 1. The van der Waals surface area contributed by atoms with Gasteiger partial charge < -0.3 is 10.2 Å². The van der Waals surface area contributed by atoms with Crippen molar-refractivity contribution >= 4 is 5.97 Å². The molecule has 2 atom stereocenters. The van der Waals surface area contributed by atoms with Crippen molar-refractivity contribution < 1.29 is 15.0 Å². The van der Waals surface area contributed by atoms with Gasteiger partial charge >= 0.3 is 5.97 Å². The molecule has 0 saturated heterocycles. The summed E-state index contributed by atoms with van der Waals surface area (Å²) in [5.41, 5.74) is 1.10. The Bertz CT molecular complexity index is 439. The standard InChI is InChI=1S/C19H28O3/c1-2-3-4-5-6-10-13-18(20)17(19(21)22)15-14-16-11-8-7-9-12-16/h7-13,17-18,20H,2-6,14-15H2,1H3,(H,21,22). The molecule has 122 valence electrons. The van der Waals surface area contributed by atoms with Gasteiger partial charge in [0.15, 0.2) is 0 Å². The lowest BCUT2D eigenvalue weighted by atomic mass is 9.94. The molecular weight excluding hydrogens is 276 g/mol. The van der Waals surface area contributed by atoms with E-state index in [9.17, 15) is 15.0 Å². The van der Waals surface area contributed by atoms with Gasteiger partial charge in [-0.05, 0) is 31.2 Å². The molecule has 0 aliphatic carbocycles. The smallest absolute Gasteiger partial charge is 0.309 e. The highest BCUT2D eigenvalue weighted by Crippen LogP contribution is 2.16. The molecule has 2 N–H and O–H groups in total. The molecular formula is C19H28O3. The van der Waals surface area contributed by atoms with Gasteiger partial charge in [0, 0.05) is 0 Å². The van der Waals surface area contributed by atoms with Crippen LogP contribution in [0.1, 0.15) is 51.0 Å². The highest BCUT2D eigenvalue weighted by molar-refractivity contribution is 5.71. The third kappa shape index (κ3) is 7.41. The van der Waals surface area contributed by atoms with Crippen LogP contribution in [0.4, 0.5) is 0 Å². The quantitative estimate of drug-likeness (QED) is 0.475. The molecule has 0 aliphatic heterocycles. The van der Waals surface area contributed by atoms with Crippen LogP contribution in [-0.4, -0.2) is 22.3 Å². The van der Waals surface area contributed by atoms with E-state index in [4.69, 9.17) is 0 Å². The van der Waals surface area contributed by atoms with E-state index in [1.807, 2.05) is 36.4 Å². The summed E-state index contributed by atoms with van der Waals surface area (Å²) in [4.78, 5) is 11.3. The zero-order valence-corrected chi connectivity index (χ0v) is 13.4. The van der Waals surface area contributed by atoms with Gasteiger partial charge in [0.2, 0.25) is 0 Å². The molecule has 0 aromatic heterocycles. The van der Waals surface area contributed by atoms with Crippen LogP contribution in [0.25, 0.3) is 0 Å². The van der Waals surface area contributed by atoms with Crippen LogP contribution in [0.5, 0.6) is 0 Å². The first kappa shape index (κ1) is 18.4. The molecule has 0 heterocycles. The summed E-state index contributed by atoms with van der Waals surface area (Å²) in [5, 5.41) is 19.4. The Morgan fingerprint density at radius 1 is 1.18 bits per heavy atom. The summed E-state index contributed by atoms with van der Waals surface area (Å²) >= 11 is 0. The van der Waals surface area contributed by atoms with Gasteiger partial charge in [-0.25, -0.2) is 0 Å². The van der Waals surface area contributed by atoms with E-state index in [0.29, 0.717) is 12.8 Å². The van der Waals surface area contributed by atoms with Crippen LogP contribution in [0.2, 0.25) is 0 Å². The van der Waals surface area contributed by atoms with E-state index in [1.54, 1.807) is 6.08 Å². The largest absolute Gasteiger partial charge is 0.481 e. The summed E-state index contributed by atoms with van der Waals surface area (Å²) in [6, 6.07) is 9.79. The highest BCUT2D eigenvalue weighted by atomic mass is 16.4. The Morgan fingerprint density at radius 3 is 2.55 bits per heavy atom. The minimum Gasteiger partial charge on any atom is -0.481 e. The molecule has 1 aromatic carbocycles. The number of aliphatic carboxylic acids is 1. The van der Waals surface area contributed by atoms with Crippen molar-refractivity contribution in [2.45, 2.75) is 58.0 Å². The van der Waals surface area contributed by atoms with Gasteiger partial charge in [-0.1, -0.05) is 68.7 Å². The van der Waals surface area contributed by atoms with Crippen molar-refractivity contribution in [1.29, 1.82) is 0 Å². The topological polar surface area (TPSA) is 57.5 Å². The maximum Gasteiger partial charge on any atom is 0.309 e. The van der Waals surface area contributed by atoms with Gasteiger partial charge in [0.25, 0.3) is 0 Å². The molecule has 0 radical (unpaired) electrons. The van der Waals surface area contributed by atoms with Crippen molar-refractivity contribution in [1.82, 2.24) is 0 Å². The number of benzene rings is 1. The van der Waals surface area contributed by atoms with Crippen LogP contribution in [0.15, 0.2) is 42.5 Å². The van der Waals surface area contributed by atoms with Gasteiger partial charge in [-0.15, -0.1) is 0 Å². The second-order valence-corrected chi connectivity index (χ2v) is 5.74. The van der Waals surface area contributed by atoms with Crippen molar-refractivity contribution in [3.63, 3.8) is 0 Å². The fraction of sp³-hybridized carbons (Fsp3) is 0.526. The first-order valence-electron chi connectivity index (χ1n) is 8.26. The molecule has 22 heavy (non-hydrogen) atoms. The number of rotatable bonds is 11. The number of carboxylic acid groups (broad SMARTS) is 1. The first-order chi connectivity index (χ1) is 10.6. The lowest BCUT2D eigenvalue weighted by molar-refractivity contribution is -0.144. The number of hydrogen-bond donors (Lipinski definition) is 2. The number of hydrogen-bond acceptors (Lipinski definition) is 2. The summed E-state index contributed by atoms with van der Waals surface area (Å²) in [6.07, 6.45) is 9.38. The highest BCUT2D eigenvalue weighted by Gasteiger charge is 2.24. The summed E-state index contributed by atoms with van der Waals surface area (Å²) in [5.74, 6) is -1.67. The Labute approximate surface area is 133 Å².